The van der Waals surface area contributed by atoms with Crippen molar-refractivity contribution in [1.29, 1.82) is 0 Å². The fourth-order valence-electron chi connectivity index (χ4n) is 3.83. The second kappa shape index (κ2) is 7.14. The van der Waals surface area contributed by atoms with Crippen LogP contribution in [0.2, 0.25) is 0 Å². The standard InChI is InChI=1S/C21H25N5O2/c1-15-9-8-10-16(13-15)14-26-17-18(23(2)21(28)24(3)19(17)27)22-20(26)25-11-6-4-5-7-12-25/h4-5,8-10,13H,6-7,11-12,14H2,1-3H3. The van der Waals surface area contributed by atoms with E-state index in [1.807, 2.05) is 10.6 Å². The minimum Gasteiger partial charge on any atom is -0.342 e. The average Bonchev–Trinajstić information content (AvgIpc) is 2.86. The molecule has 0 radical (unpaired) electrons. The van der Waals surface area contributed by atoms with Crippen molar-refractivity contribution in [1.82, 2.24) is 18.7 Å². The summed E-state index contributed by atoms with van der Waals surface area (Å²) in [5.41, 5.74) is 2.51. The Balaban J connectivity index is 1.96. The van der Waals surface area contributed by atoms with Crippen LogP contribution in [-0.4, -0.2) is 31.8 Å². The molecule has 2 aromatic heterocycles. The van der Waals surface area contributed by atoms with Gasteiger partial charge in [-0.25, -0.2) is 4.79 Å². The van der Waals surface area contributed by atoms with Gasteiger partial charge in [0.2, 0.25) is 5.95 Å². The monoisotopic (exact) mass is 379 g/mol. The molecule has 0 saturated heterocycles. The number of aromatic nitrogens is 4. The second-order valence-electron chi connectivity index (χ2n) is 7.40. The van der Waals surface area contributed by atoms with Gasteiger partial charge in [-0.1, -0.05) is 42.0 Å². The van der Waals surface area contributed by atoms with Gasteiger partial charge in [-0.15, -0.1) is 0 Å². The molecule has 1 aliphatic rings. The van der Waals surface area contributed by atoms with Crippen molar-refractivity contribution < 1.29 is 0 Å². The van der Waals surface area contributed by atoms with E-state index in [4.69, 9.17) is 4.98 Å². The molecule has 4 rings (SSSR count). The van der Waals surface area contributed by atoms with Gasteiger partial charge in [0.15, 0.2) is 11.2 Å². The van der Waals surface area contributed by atoms with E-state index in [9.17, 15) is 9.59 Å². The van der Waals surface area contributed by atoms with Crippen molar-refractivity contribution in [3.05, 3.63) is 68.4 Å². The number of benzene rings is 1. The SMILES string of the molecule is Cc1cccc(Cn2c(N3CCC=CCC3)nc3c2c(=O)n(C)c(=O)n3C)c1. The maximum absolute atomic E-state index is 13.0. The Bertz CT molecular complexity index is 1170. The molecule has 0 unspecified atom stereocenters. The summed E-state index contributed by atoms with van der Waals surface area (Å²) in [6.45, 7) is 4.26. The van der Waals surface area contributed by atoms with Gasteiger partial charge in [0, 0.05) is 27.2 Å². The number of fused-ring (bicyclic) bond motifs is 1. The van der Waals surface area contributed by atoms with E-state index in [0.717, 1.165) is 42.0 Å². The molecule has 7 nitrogen and oxygen atoms in total. The zero-order chi connectivity index (χ0) is 19.8. The van der Waals surface area contributed by atoms with Crippen LogP contribution in [0, 0.1) is 6.92 Å². The van der Waals surface area contributed by atoms with Crippen molar-refractivity contribution >= 4 is 17.1 Å². The molecule has 28 heavy (non-hydrogen) atoms. The molecule has 0 saturated carbocycles. The van der Waals surface area contributed by atoms with Gasteiger partial charge in [-0.05, 0) is 25.3 Å². The third kappa shape index (κ3) is 3.06. The van der Waals surface area contributed by atoms with Crippen molar-refractivity contribution in [2.75, 3.05) is 18.0 Å². The van der Waals surface area contributed by atoms with E-state index >= 15 is 0 Å². The first-order valence-electron chi connectivity index (χ1n) is 9.59. The number of aryl methyl sites for hydroxylation is 2. The normalized spacial score (nSPS) is 14.6. The van der Waals surface area contributed by atoms with Crippen LogP contribution in [-0.2, 0) is 20.6 Å². The first kappa shape index (κ1) is 18.3. The molecule has 7 heteroatoms. The average molecular weight is 379 g/mol. The lowest BCUT2D eigenvalue weighted by Gasteiger charge is -2.22. The Morgan fingerprint density at radius 3 is 2.43 bits per heavy atom. The molecule has 0 bridgehead atoms. The maximum Gasteiger partial charge on any atom is 0.332 e. The Labute approximate surface area is 163 Å². The van der Waals surface area contributed by atoms with Crippen LogP contribution in [0.25, 0.3) is 11.2 Å². The fourth-order valence-corrected chi connectivity index (χ4v) is 3.83. The fraction of sp³-hybridized carbons (Fsp3) is 0.381. The van der Waals surface area contributed by atoms with E-state index in [-0.39, 0.29) is 11.2 Å². The Morgan fingerprint density at radius 2 is 1.75 bits per heavy atom. The van der Waals surface area contributed by atoms with Gasteiger partial charge in [-0.2, -0.15) is 4.98 Å². The van der Waals surface area contributed by atoms with Crippen molar-refractivity contribution in [2.24, 2.45) is 14.1 Å². The quantitative estimate of drug-likeness (QED) is 0.653. The van der Waals surface area contributed by atoms with E-state index in [0.29, 0.717) is 17.7 Å². The first-order valence-corrected chi connectivity index (χ1v) is 9.59. The highest BCUT2D eigenvalue weighted by Gasteiger charge is 2.23. The zero-order valence-electron chi connectivity index (χ0n) is 16.6. The van der Waals surface area contributed by atoms with E-state index in [2.05, 4.69) is 42.2 Å². The van der Waals surface area contributed by atoms with Gasteiger partial charge >= 0.3 is 5.69 Å². The molecule has 0 spiro atoms. The molecule has 0 amide bonds. The molecule has 0 fully saturated rings. The number of rotatable bonds is 3. The van der Waals surface area contributed by atoms with Gasteiger partial charge in [-0.3, -0.25) is 18.5 Å². The van der Waals surface area contributed by atoms with Crippen LogP contribution >= 0.6 is 0 Å². The number of anilines is 1. The van der Waals surface area contributed by atoms with Crippen molar-refractivity contribution in [3.8, 4) is 0 Å². The molecule has 1 aliphatic heterocycles. The Kier molecular flexibility index (Phi) is 4.66. The number of hydrogen-bond acceptors (Lipinski definition) is 4. The summed E-state index contributed by atoms with van der Waals surface area (Å²) in [6, 6.07) is 8.25. The summed E-state index contributed by atoms with van der Waals surface area (Å²) in [4.78, 5) is 32.4. The minimum absolute atomic E-state index is 0.308. The molecule has 1 aromatic carbocycles. The number of nitrogens with zero attached hydrogens (tertiary/aromatic N) is 5. The maximum atomic E-state index is 13.0. The van der Waals surface area contributed by atoms with Crippen LogP contribution in [0.5, 0.6) is 0 Å². The molecule has 0 aliphatic carbocycles. The first-order chi connectivity index (χ1) is 13.5. The number of hydrogen-bond donors (Lipinski definition) is 0. The summed E-state index contributed by atoms with van der Waals surface area (Å²) in [6.07, 6.45) is 6.24. The second-order valence-corrected chi connectivity index (χ2v) is 7.40. The molecule has 3 heterocycles. The zero-order valence-corrected chi connectivity index (χ0v) is 16.6. The van der Waals surface area contributed by atoms with Crippen molar-refractivity contribution in [3.63, 3.8) is 0 Å². The van der Waals surface area contributed by atoms with Crippen LogP contribution in [0.15, 0.2) is 46.0 Å². The van der Waals surface area contributed by atoms with Crippen LogP contribution in [0.1, 0.15) is 24.0 Å². The molecular weight excluding hydrogens is 354 g/mol. The molecule has 0 N–H and O–H groups in total. The summed E-state index contributed by atoms with van der Waals surface area (Å²) < 4.78 is 4.59. The Hall–Kier alpha value is -3.09. The topological polar surface area (TPSA) is 65.1 Å². The lowest BCUT2D eigenvalue weighted by atomic mass is 10.1. The van der Waals surface area contributed by atoms with Gasteiger partial charge in [0.25, 0.3) is 5.56 Å². The van der Waals surface area contributed by atoms with Crippen LogP contribution < -0.4 is 16.1 Å². The molecule has 146 valence electrons. The van der Waals surface area contributed by atoms with E-state index in [1.165, 1.54) is 17.2 Å². The van der Waals surface area contributed by atoms with E-state index < -0.39 is 0 Å². The molecular formula is C21H25N5O2. The van der Waals surface area contributed by atoms with Gasteiger partial charge in [0.05, 0.1) is 6.54 Å². The van der Waals surface area contributed by atoms with E-state index in [1.54, 1.807) is 7.05 Å². The predicted octanol–water partition coefficient (Wildman–Crippen LogP) is 1.95. The largest absolute Gasteiger partial charge is 0.342 e. The summed E-state index contributed by atoms with van der Waals surface area (Å²) in [5.74, 6) is 0.749. The third-order valence-corrected chi connectivity index (χ3v) is 5.33. The van der Waals surface area contributed by atoms with Crippen LogP contribution in [0.4, 0.5) is 5.95 Å². The lowest BCUT2D eigenvalue weighted by molar-refractivity contribution is 0.699. The van der Waals surface area contributed by atoms with Gasteiger partial charge in [0.1, 0.15) is 0 Å². The summed E-state index contributed by atoms with van der Waals surface area (Å²) in [7, 11) is 3.19. The highest BCUT2D eigenvalue weighted by atomic mass is 16.2. The predicted molar refractivity (Wildman–Crippen MR) is 111 cm³/mol. The smallest absolute Gasteiger partial charge is 0.332 e. The Morgan fingerprint density at radius 1 is 1.04 bits per heavy atom. The van der Waals surface area contributed by atoms with Crippen LogP contribution in [0.3, 0.4) is 0 Å². The van der Waals surface area contributed by atoms with Gasteiger partial charge < -0.3 is 4.90 Å². The van der Waals surface area contributed by atoms with Crippen molar-refractivity contribution in [2.45, 2.75) is 26.3 Å². The highest BCUT2D eigenvalue weighted by Crippen LogP contribution is 2.23. The molecule has 3 aromatic rings. The summed E-state index contributed by atoms with van der Waals surface area (Å²) in [5, 5.41) is 0. The summed E-state index contributed by atoms with van der Waals surface area (Å²) >= 11 is 0. The minimum atomic E-state index is -0.359. The third-order valence-electron chi connectivity index (χ3n) is 5.33. The highest BCUT2D eigenvalue weighted by molar-refractivity contribution is 5.74. The molecule has 0 atom stereocenters. The number of imidazole rings is 1. The lowest BCUT2D eigenvalue weighted by Crippen LogP contribution is -2.37.